The Bertz CT molecular complexity index is 428. The van der Waals surface area contributed by atoms with Crippen LogP contribution in [0.3, 0.4) is 0 Å². The van der Waals surface area contributed by atoms with E-state index in [0.29, 0.717) is 16.5 Å². The van der Waals surface area contributed by atoms with E-state index in [1.54, 1.807) is 11.7 Å². The minimum absolute atomic E-state index is 0.0278. The molecule has 0 bridgehead atoms. The van der Waals surface area contributed by atoms with Gasteiger partial charge in [0.15, 0.2) is 11.0 Å². The first kappa shape index (κ1) is 11.4. The molecule has 1 aromatic heterocycles. The summed E-state index contributed by atoms with van der Waals surface area (Å²) >= 11 is 1.21. The molecule has 0 saturated heterocycles. The normalized spacial score (nSPS) is 22.1. The molecule has 0 amide bonds. The second kappa shape index (κ2) is 3.76. The van der Waals surface area contributed by atoms with Crippen molar-refractivity contribution in [3.05, 3.63) is 5.82 Å². The predicted octanol–water partition coefficient (Wildman–Crippen LogP) is 1.51. The van der Waals surface area contributed by atoms with E-state index in [0.717, 1.165) is 12.2 Å². The number of rotatable bonds is 4. The molecule has 0 aromatic carbocycles. The quantitative estimate of drug-likeness (QED) is 0.809. The molecule has 1 atom stereocenters. The number of aromatic nitrogens is 3. The molecule has 0 aliphatic heterocycles. The number of thioether (sulfide) groups is 1. The van der Waals surface area contributed by atoms with Crippen LogP contribution in [0.4, 0.5) is 0 Å². The first-order valence-corrected chi connectivity index (χ1v) is 6.14. The highest BCUT2D eigenvalue weighted by Crippen LogP contribution is 2.57. The highest BCUT2D eigenvalue weighted by Gasteiger charge is 2.49. The minimum atomic E-state index is -0.832. The number of aryl methyl sites for hydroxylation is 1. The van der Waals surface area contributed by atoms with Crippen LogP contribution in [0, 0.1) is 5.41 Å². The van der Waals surface area contributed by atoms with Gasteiger partial charge in [-0.2, -0.15) is 5.10 Å². The van der Waals surface area contributed by atoms with Crippen molar-refractivity contribution >= 4 is 17.7 Å². The fraction of sp³-hybridized carbons (Fsp3) is 0.700. The number of carboxylic acids is 1. The molecule has 1 aliphatic carbocycles. The molecule has 5 nitrogen and oxygen atoms in total. The second-order valence-electron chi connectivity index (χ2n) is 4.80. The highest BCUT2D eigenvalue weighted by atomic mass is 32.2. The monoisotopic (exact) mass is 241 g/mol. The maximum absolute atomic E-state index is 10.5. The molecule has 6 heteroatoms. The van der Waals surface area contributed by atoms with Crippen molar-refractivity contribution in [2.24, 2.45) is 12.5 Å². The molecule has 1 aliphatic rings. The Balaban J connectivity index is 2.07. The van der Waals surface area contributed by atoms with Crippen LogP contribution in [-0.2, 0) is 11.8 Å². The lowest BCUT2D eigenvalue weighted by molar-refractivity contribution is -0.133. The van der Waals surface area contributed by atoms with Gasteiger partial charge >= 0.3 is 5.97 Å². The Kier molecular flexibility index (Phi) is 2.69. The van der Waals surface area contributed by atoms with E-state index in [2.05, 4.69) is 23.9 Å². The van der Waals surface area contributed by atoms with Crippen LogP contribution in [0.1, 0.15) is 32.0 Å². The summed E-state index contributed by atoms with van der Waals surface area (Å²) in [7, 11) is 1.80. The Morgan fingerprint density at radius 2 is 2.31 bits per heavy atom. The summed E-state index contributed by atoms with van der Waals surface area (Å²) < 4.78 is 1.66. The van der Waals surface area contributed by atoms with Gasteiger partial charge in [0.05, 0.1) is 5.75 Å². The Morgan fingerprint density at radius 1 is 1.69 bits per heavy atom. The van der Waals surface area contributed by atoms with Crippen molar-refractivity contribution in [3.63, 3.8) is 0 Å². The summed E-state index contributed by atoms with van der Waals surface area (Å²) in [6.07, 6.45) is 1.11. The summed E-state index contributed by atoms with van der Waals surface area (Å²) in [5, 5.41) is 13.6. The molecule has 1 unspecified atom stereocenters. The van der Waals surface area contributed by atoms with E-state index in [1.807, 2.05) is 0 Å². The lowest BCUT2D eigenvalue weighted by atomic mass is 10.1. The minimum Gasteiger partial charge on any atom is -0.481 e. The maximum atomic E-state index is 10.5. The summed E-state index contributed by atoms with van der Waals surface area (Å²) in [6, 6.07) is 0. The van der Waals surface area contributed by atoms with Crippen molar-refractivity contribution < 1.29 is 9.90 Å². The van der Waals surface area contributed by atoms with Gasteiger partial charge in [0.2, 0.25) is 0 Å². The van der Waals surface area contributed by atoms with E-state index in [-0.39, 0.29) is 5.75 Å². The smallest absolute Gasteiger partial charge is 0.313 e. The molecule has 1 saturated carbocycles. The summed E-state index contributed by atoms with van der Waals surface area (Å²) in [5.74, 6) is 0.472. The van der Waals surface area contributed by atoms with Gasteiger partial charge in [-0.3, -0.25) is 4.79 Å². The average molecular weight is 241 g/mol. The van der Waals surface area contributed by atoms with Gasteiger partial charge in [0.1, 0.15) is 0 Å². The van der Waals surface area contributed by atoms with Gasteiger partial charge < -0.3 is 5.11 Å². The Labute approximate surface area is 98.3 Å². The number of nitrogens with zero attached hydrogens (tertiary/aromatic N) is 3. The number of carbonyl (C=O) groups is 1. The molecule has 2 rings (SSSR count). The van der Waals surface area contributed by atoms with E-state index < -0.39 is 5.97 Å². The number of hydrogen-bond donors (Lipinski definition) is 1. The molecular formula is C10H15N3O2S. The number of hydrogen-bond acceptors (Lipinski definition) is 4. The average Bonchev–Trinajstić information content (AvgIpc) is 2.65. The van der Waals surface area contributed by atoms with Crippen LogP contribution in [0.5, 0.6) is 0 Å². The summed E-state index contributed by atoms with van der Waals surface area (Å²) in [4.78, 5) is 14.9. The van der Waals surface area contributed by atoms with Gasteiger partial charge in [-0.15, -0.1) is 0 Å². The number of carboxylic acid groups (broad SMARTS) is 1. The Hall–Kier alpha value is -1.04. The molecule has 88 valence electrons. The molecule has 1 fully saturated rings. The first-order chi connectivity index (χ1) is 7.40. The molecule has 1 heterocycles. The third-order valence-electron chi connectivity index (χ3n) is 2.89. The zero-order chi connectivity index (χ0) is 11.9. The SMILES string of the molecule is Cn1nc(C2CC2(C)C)nc1SCC(=O)O. The van der Waals surface area contributed by atoms with Crippen LogP contribution < -0.4 is 0 Å². The van der Waals surface area contributed by atoms with Crippen LogP contribution in [0.2, 0.25) is 0 Å². The molecular weight excluding hydrogens is 226 g/mol. The van der Waals surface area contributed by atoms with Gasteiger partial charge in [0.25, 0.3) is 0 Å². The lowest BCUT2D eigenvalue weighted by Crippen LogP contribution is -2.00. The lowest BCUT2D eigenvalue weighted by Gasteiger charge is -1.96. The molecule has 16 heavy (non-hydrogen) atoms. The van der Waals surface area contributed by atoms with Gasteiger partial charge in [0, 0.05) is 13.0 Å². The van der Waals surface area contributed by atoms with E-state index in [1.165, 1.54) is 11.8 Å². The van der Waals surface area contributed by atoms with E-state index in [4.69, 9.17) is 5.11 Å². The van der Waals surface area contributed by atoms with Crippen LogP contribution in [-0.4, -0.2) is 31.6 Å². The van der Waals surface area contributed by atoms with Crippen molar-refractivity contribution in [3.8, 4) is 0 Å². The van der Waals surface area contributed by atoms with Gasteiger partial charge in [-0.1, -0.05) is 25.6 Å². The van der Waals surface area contributed by atoms with Crippen molar-refractivity contribution in [2.75, 3.05) is 5.75 Å². The number of aliphatic carboxylic acids is 1. The van der Waals surface area contributed by atoms with Gasteiger partial charge in [-0.25, -0.2) is 9.67 Å². The zero-order valence-corrected chi connectivity index (χ0v) is 10.4. The molecule has 0 spiro atoms. The first-order valence-electron chi connectivity index (χ1n) is 5.15. The highest BCUT2D eigenvalue weighted by molar-refractivity contribution is 7.99. The third-order valence-corrected chi connectivity index (χ3v) is 3.89. The molecule has 1 aromatic rings. The zero-order valence-electron chi connectivity index (χ0n) is 9.60. The largest absolute Gasteiger partial charge is 0.481 e. The molecule has 1 N–H and O–H groups in total. The molecule has 0 radical (unpaired) electrons. The standard InChI is InChI=1S/C10H15N3O2S/c1-10(2)4-6(10)8-11-9(13(3)12-8)16-5-7(14)15/h6H,4-5H2,1-3H3,(H,14,15). The van der Waals surface area contributed by atoms with Gasteiger partial charge in [-0.05, 0) is 11.8 Å². The maximum Gasteiger partial charge on any atom is 0.313 e. The van der Waals surface area contributed by atoms with E-state index >= 15 is 0 Å². The second-order valence-corrected chi connectivity index (χ2v) is 5.75. The van der Waals surface area contributed by atoms with E-state index in [9.17, 15) is 4.79 Å². The fourth-order valence-corrected chi connectivity index (χ4v) is 2.34. The van der Waals surface area contributed by atoms with Crippen LogP contribution >= 0.6 is 11.8 Å². The van der Waals surface area contributed by atoms with Crippen molar-refractivity contribution in [1.82, 2.24) is 14.8 Å². The topological polar surface area (TPSA) is 68.0 Å². The van der Waals surface area contributed by atoms with Crippen molar-refractivity contribution in [1.29, 1.82) is 0 Å². The fourth-order valence-electron chi connectivity index (χ4n) is 1.70. The Morgan fingerprint density at radius 3 is 2.81 bits per heavy atom. The van der Waals surface area contributed by atoms with Crippen LogP contribution in [0.25, 0.3) is 0 Å². The van der Waals surface area contributed by atoms with Crippen LogP contribution in [0.15, 0.2) is 5.16 Å². The third kappa shape index (κ3) is 2.21. The summed E-state index contributed by atoms with van der Waals surface area (Å²) in [6.45, 7) is 4.39. The summed E-state index contributed by atoms with van der Waals surface area (Å²) in [5.41, 5.74) is 0.302. The predicted molar refractivity (Wildman–Crippen MR) is 60.5 cm³/mol. The van der Waals surface area contributed by atoms with Crippen molar-refractivity contribution in [2.45, 2.75) is 31.3 Å².